The smallest absolute Gasteiger partial charge is 0.227 e. The monoisotopic (exact) mass is 339 g/mol. The van der Waals surface area contributed by atoms with E-state index in [1.165, 1.54) is 29.8 Å². The van der Waals surface area contributed by atoms with Crippen molar-refractivity contribution in [3.63, 3.8) is 0 Å². The van der Waals surface area contributed by atoms with E-state index in [0.717, 1.165) is 30.5 Å². The van der Waals surface area contributed by atoms with Crippen LogP contribution in [0.1, 0.15) is 25.0 Å². The molecule has 0 bridgehead atoms. The van der Waals surface area contributed by atoms with Crippen molar-refractivity contribution in [1.29, 1.82) is 0 Å². The third kappa shape index (κ3) is 3.92. The average molecular weight is 339 g/mol. The Morgan fingerprint density at radius 3 is 2.17 bits per heavy atom. The van der Waals surface area contributed by atoms with Crippen molar-refractivity contribution in [3.8, 4) is 0 Å². The van der Waals surface area contributed by atoms with Gasteiger partial charge in [0.1, 0.15) is 5.82 Å². The maximum absolute atomic E-state index is 11.6. The van der Waals surface area contributed by atoms with Crippen molar-refractivity contribution in [3.05, 3.63) is 11.8 Å². The second-order valence-corrected chi connectivity index (χ2v) is 8.35. The summed E-state index contributed by atoms with van der Waals surface area (Å²) in [5.41, 5.74) is 0.959. The highest BCUT2D eigenvalue weighted by molar-refractivity contribution is 7.88. The van der Waals surface area contributed by atoms with Crippen LogP contribution in [-0.2, 0) is 10.0 Å². The molecule has 0 aliphatic carbocycles. The predicted molar refractivity (Wildman–Crippen MR) is 91.5 cm³/mol. The van der Waals surface area contributed by atoms with Gasteiger partial charge in [-0.05, 0) is 26.2 Å². The van der Waals surface area contributed by atoms with Gasteiger partial charge in [0.25, 0.3) is 0 Å². The number of nitrogens with zero attached hydrogens (tertiary/aromatic N) is 5. The van der Waals surface area contributed by atoms with Gasteiger partial charge in [-0.2, -0.15) is 9.29 Å². The molecule has 128 valence electrons. The molecule has 23 heavy (non-hydrogen) atoms. The van der Waals surface area contributed by atoms with Crippen molar-refractivity contribution in [1.82, 2.24) is 14.3 Å². The Balaban J connectivity index is 1.74. The molecule has 0 amide bonds. The molecule has 0 saturated carbocycles. The lowest BCUT2D eigenvalue weighted by molar-refractivity contribution is 0.385. The Labute approximate surface area is 138 Å². The second kappa shape index (κ2) is 6.60. The maximum atomic E-state index is 11.6. The third-order valence-corrected chi connectivity index (χ3v) is 5.80. The summed E-state index contributed by atoms with van der Waals surface area (Å²) in [6.45, 7) is 6.36. The van der Waals surface area contributed by atoms with Gasteiger partial charge in [0.15, 0.2) is 0 Å². The molecule has 8 heteroatoms. The number of piperidine rings is 1. The van der Waals surface area contributed by atoms with Crippen LogP contribution in [0, 0.1) is 6.92 Å². The molecule has 0 radical (unpaired) electrons. The number of aromatic nitrogens is 2. The molecule has 3 rings (SSSR count). The quantitative estimate of drug-likeness (QED) is 0.813. The summed E-state index contributed by atoms with van der Waals surface area (Å²) >= 11 is 0. The molecule has 3 heterocycles. The number of anilines is 2. The summed E-state index contributed by atoms with van der Waals surface area (Å²) in [5.74, 6) is 1.72. The molecule has 2 aliphatic rings. The largest absolute Gasteiger partial charge is 0.356 e. The molecule has 0 unspecified atom stereocenters. The molecule has 2 fully saturated rings. The average Bonchev–Trinajstić information content (AvgIpc) is 2.54. The lowest BCUT2D eigenvalue weighted by Crippen LogP contribution is -2.49. The number of hydrogen-bond acceptors (Lipinski definition) is 6. The number of sulfonamides is 1. The van der Waals surface area contributed by atoms with Gasteiger partial charge in [0.05, 0.1) is 6.26 Å². The normalized spacial score (nSPS) is 20.8. The first-order valence-electron chi connectivity index (χ1n) is 8.24. The summed E-state index contributed by atoms with van der Waals surface area (Å²) in [4.78, 5) is 13.7. The SMILES string of the molecule is Cc1cc(N2CCCCC2)nc(N2CCN(S(C)(=O)=O)CC2)n1. The zero-order chi connectivity index (χ0) is 16.4. The molecule has 0 spiro atoms. The van der Waals surface area contributed by atoms with Crippen molar-refractivity contribution < 1.29 is 8.42 Å². The standard InChI is InChI=1S/C15H25N5O2S/c1-13-12-14(18-6-4-3-5-7-18)17-15(16-13)19-8-10-20(11-9-19)23(2,21)22/h12H,3-11H2,1-2H3. The van der Waals surface area contributed by atoms with Crippen LogP contribution in [0.3, 0.4) is 0 Å². The fourth-order valence-electron chi connectivity index (χ4n) is 3.18. The van der Waals surface area contributed by atoms with E-state index in [4.69, 9.17) is 4.98 Å². The van der Waals surface area contributed by atoms with E-state index in [1.807, 2.05) is 13.0 Å². The van der Waals surface area contributed by atoms with E-state index >= 15 is 0 Å². The Hall–Kier alpha value is -1.41. The highest BCUT2D eigenvalue weighted by atomic mass is 32.2. The lowest BCUT2D eigenvalue weighted by atomic mass is 10.1. The minimum atomic E-state index is -3.11. The van der Waals surface area contributed by atoms with Gasteiger partial charge in [-0.25, -0.2) is 13.4 Å². The first kappa shape index (κ1) is 16.4. The number of rotatable bonds is 3. The first-order valence-corrected chi connectivity index (χ1v) is 10.1. The Kier molecular flexibility index (Phi) is 4.72. The lowest BCUT2D eigenvalue weighted by Gasteiger charge is -2.34. The van der Waals surface area contributed by atoms with Crippen LogP contribution >= 0.6 is 0 Å². The van der Waals surface area contributed by atoms with Gasteiger partial charge >= 0.3 is 0 Å². The fraction of sp³-hybridized carbons (Fsp3) is 0.733. The molecule has 7 nitrogen and oxygen atoms in total. The Morgan fingerprint density at radius 2 is 1.57 bits per heavy atom. The summed E-state index contributed by atoms with van der Waals surface area (Å²) in [6.07, 6.45) is 4.98. The van der Waals surface area contributed by atoms with Crippen LogP contribution in [0.5, 0.6) is 0 Å². The van der Waals surface area contributed by atoms with Crippen molar-refractivity contribution in [2.75, 3.05) is 55.3 Å². The van der Waals surface area contributed by atoms with Crippen LogP contribution in [0.4, 0.5) is 11.8 Å². The number of aryl methyl sites for hydroxylation is 1. The number of hydrogen-bond donors (Lipinski definition) is 0. The van der Waals surface area contributed by atoms with Crippen LogP contribution in [-0.4, -0.2) is 68.2 Å². The van der Waals surface area contributed by atoms with E-state index in [9.17, 15) is 8.42 Å². The molecule has 1 aromatic rings. The Morgan fingerprint density at radius 1 is 0.913 bits per heavy atom. The van der Waals surface area contributed by atoms with Crippen LogP contribution < -0.4 is 9.80 Å². The van der Waals surface area contributed by atoms with Crippen LogP contribution in [0.15, 0.2) is 6.07 Å². The zero-order valence-corrected chi connectivity index (χ0v) is 14.7. The molecule has 2 saturated heterocycles. The summed E-state index contributed by atoms with van der Waals surface area (Å²) in [7, 11) is -3.11. The molecule has 0 N–H and O–H groups in total. The van der Waals surface area contributed by atoms with E-state index in [1.54, 1.807) is 0 Å². The topological polar surface area (TPSA) is 69.6 Å². The highest BCUT2D eigenvalue weighted by Crippen LogP contribution is 2.22. The second-order valence-electron chi connectivity index (χ2n) is 6.36. The number of piperazine rings is 1. The van der Waals surface area contributed by atoms with Crippen molar-refractivity contribution >= 4 is 21.8 Å². The molecule has 0 aromatic carbocycles. The Bertz CT molecular complexity index is 650. The van der Waals surface area contributed by atoms with Gasteiger partial charge in [0.2, 0.25) is 16.0 Å². The van der Waals surface area contributed by atoms with Crippen LogP contribution in [0.25, 0.3) is 0 Å². The molecule has 1 aromatic heterocycles. The summed E-state index contributed by atoms with van der Waals surface area (Å²) in [6, 6.07) is 2.04. The van der Waals surface area contributed by atoms with Gasteiger partial charge in [-0.1, -0.05) is 0 Å². The first-order chi connectivity index (χ1) is 10.9. The van der Waals surface area contributed by atoms with Crippen LogP contribution in [0.2, 0.25) is 0 Å². The van der Waals surface area contributed by atoms with E-state index in [0.29, 0.717) is 26.2 Å². The molecule has 0 atom stereocenters. The summed E-state index contributed by atoms with van der Waals surface area (Å²) in [5, 5.41) is 0. The fourth-order valence-corrected chi connectivity index (χ4v) is 4.01. The summed E-state index contributed by atoms with van der Waals surface area (Å²) < 4.78 is 24.7. The minimum absolute atomic E-state index is 0.495. The van der Waals surface area contributed by atoms with Gasteiger partial charge in [-0.3, -0.25) is 0 Å². The van der Waals surface area contributed by atoms with Gasteiger partial charge in [0, 0.05) is 51.0 Å². The molecule has 2 aliphatic heterocycles. The molecular formula is C15H25N5O2S. The van der Waals surface area contributed by atoms with E-state index in [2.05, 4.69) is 14.8 Å². The van der Waals surface area contributed by atoms with Gasteiger partial charge in [-0.15, -0.1) is 0 Å². The minimum Gasteiger partial charge on any atom is -0.356 e. The molecular weight excluding hydrogens is 314 g/mol. The van der Waals surface area contributed by atoms with Crippen molar-refractivity contribution in [2.24, 2.45) is 0 Å². The maximum Gasteiger partial charge on any atom is 0.227 e. The van der Waals surface area contributed by atoms with E-state index in [-0.39, 0.29) is 0 Å². The van der Waals surface area contributed by atoms with Gasteiger partial charge < -0.3 is 9.80 Å². The van der Waals surface area contributed by atoms with Crippen molar-refractivity contribution in [2.45, 2.75) is 26.2 Å². The highest BCUT2D eigenvalue weighted by Gasteiger charge is 2.25. The predicted octanol–water partition coefficient (Wildman–Crippen LogP) is 0.857. The van der Waals surface area contributed by atoms with E-state index < -0.39 is 10.0 Å². The third-order valence-electron chi connectivity index (χ3n) is 4.50. The zero-order valence-electron chi connectivity index (χ0n) is 13.9.